The molecule has 62 valence electrons. The molecular weight excluding hydrogens is 160 g/mol. The highest BCUT2D eigenvalue weighted by molar-refractivity contribution is 5.69. The topological polar surface area (TPSA) is 80.8 Å². The van der Waals surface area contributed by atoms with Crippen molar-refractivity contribution >= 4 is 5.97 Å². The Hall–Kier alpha value is -1.90. The third kappa shape index (κ3) is 1.58. The van der Waals surface area contributed by atoms with Crippen LogP contribution in [0.3, 0.4) is 0 Å². The van der Waals surface area contributed by atoms with E-state index < -0.39 is 5.97 Å². The first kappa shape index (κ1) is 8.20. The van der Waals surface area contributed by atoms with Gasteiger partial charge < -0.3 is 4.74 Å². The fourth-order valence-electron chi connectivity index (χ4n) is 0.661. The lowest BCUT2D eigenvalue weighted by Crippen LogP contribution is -2.12. The molecule has 0 fully saturated rings. The van der Waals surface area contributed by atoms with Gasteiger partial charge in [0.1, 0.15) is 18.9 Å². The molecule has 1 aromatic heterocycles. The van der Waals surface area contributed by atoms with Gasteiger partial charge in [0.25, 0.3) is 0 Å². The lowest BCUT2D eigenvalue weighted by atomic mass is 10.6. The van der Waals surface area contributed by atoms with Crippen LogP contribution in [0.25, 0.3) is 0 Å². The predicted octanol–water partition coefficient (Wildman–Crippen LogP) is -0.677. The Bertz CT molecular complexity index is 325. The van der Waals surface area contributed by atoms with E-state index >= 15 is 0 Å². The van der Waals surface area contributed by atoms with Crippen LogP contribution < -0.4 is 0 Å². The molecule has 0 saturated carbocycles. The average molecular weight is 166 g/mol. The van der Waals surface area contributed by atoms with Gasteiger partial charge in [-0.2, -0.15) is 5.26 Å². The van der Waals surface area contributed by atoms with Crippen LogP contribution in [0.4, 0.5) is 0 Å². The summed E-state index contributed by atoms with van der Waals surface area (Å²) < 4.78 is 5.71. The van der Waals surface area contributed by atoms with Crippen molar-refractivity contribution in [1.82, 2.24) is 14.8 Å². The van der Waals surface area contributed by atoms with E-state index in [1.165, 1.54) is 18.0 Å². The summed E-state index contributed by atoms with van der Waals surface area (Å²) in [5.41, 5.74) is 0. The minimum atomic E-state index is -0.439. The number of aromatic nitrogens is 3. The van der Waals surface area contributed by atoms with Gasteiger partial charge in [0.15, 0.2) is 0 Å². The maximum Gasteiger partial charge on any atom is 0.325 e. The van der Waals surface area contributed by atoms with Crippen molar-refractivity contribution in [3.8, 4) is 6.07 Å². The molecule has 0 radical (unpaired) electrons. The maximum absolute atomic E-state index is 10.7. The number of nitriles is 1. The number of carbonyl (C=O) groups excluding carboxylic acids is 1. The molecule has 12 heavy (non-hydrogen) atoms. The molecule has 0 spiro atoms. The van der Waals surface area contributed by atoms with Crippen LogP contribution >= 0.6 is 0 Å². The lowest BCUT2D eigenvalue weighted by molar-refractivity contribution is -0.141. The van der Waals surface area contributed by atoms with Gasteiger partial charge in [0.05, 0.1) is 7.11 Å². The zero-order chi connectivity index (χ0) is 8.97. The zero-order valence-electron chi connectivity index (χ0n) is 6.39. The highest BCUT2D eigenvalue weighted by atomic mass is 16.5. The fourth-order valence-corrected chi connectivity index (χ4v) is 0.661. The third-order valence-electron chi connectivity index (χ3n) is 1.24. The smallest absolute Gasteiger partial charge is 0.325 e. The molecule has 0 unspecified atom stereocenters. The molecule has 0 aliphatic rings. The molecule has 6 nitrogen and oxygen atoms in total. The van der Waals surface area contributed by atoms with Gasteiger partial charge in [-0.15, -0.1) is 10.2 Å². The minimum absolute atomic E-state index is 0.0353. The van der Waals surface area contributed by atoms with Crippen LogP contribution in [-0.4, -0.2) is 27.8 Å². The number of ether oxygens (including phenoxy) is 1. The largest absolute Gasteiger partial charge is 0.468 e. The molecule has 0 aromatic carbocycles. The third-order valence-corrected chi connectivity index (χ3v) is 1.24. The van der Waals surface area contributed by atoms with E-state index in [4.69, 9.17) is 5.26 Å². The summed E-state index contributed by atoms with van der Waals surface area (Å²) >= 11 is 0. The van der Waals surface area contributed by atoms with Crippen LogP contribution in [0.2, 0.25) is 0 Å². The maximum atomic E-state index is 10.7. The second-order valence-electron chi connectivity index (χ2n) is 1.97. The quantitative estimate of drug-likeness (QED) is 0.544. The van der Waals surface area contributed by atoms with Gasteiger partial charge in [0.2, 0.25) is 5.82 Å². The standard InChI is InChI=1S/C6H6N4O2/c1-12-6(11)3-10-4-8-9-5(10)2-7/h4H,3H2,1H3. The summed E-state index contributed by atoms with van der Waals surface area (Å²) in [7, 11) is 1.28. The van der Waals surface area contributed by atoms with Crippen LogP contribution in [0, 0.1) is 11.3 Å². The Morgan fingerprint density at radius 1 is 1.92 bits per heavy atom. The molecule has 0 atom stereocenters. The number of esters is 1. The Kier molecular flexibility index (Phi) is 2.38. The Balaban J connectivity index is 2.76. The van der Waals surface area contributed by atoms with Gasteiger partial charge >= 0.3 is 5.97 Å². The van der Waals surface area contributed by atoms with Crippen molar-refractivity contribution in [3.05, 3.63) is 12.2 Å². The average Bonchev–Trinajstić information content (AvgIpc) is 2.51. The first-order valence-corrected chi connectivity index (χ1v) is 3.12. The van der Waals surface area contributed by atoms with E-state index in [1.54, 1.807) is 6.07 Å². The minimum Gasteiger partial charge on any atom is -0.468 e. The Morgan fingerprint density at radius 2 is 2.67 bits per heavy atom. The summed E-state index contributed by atoms with van der Waals surface area (Å²) in [6.07, 6.45) is 1.30. The van der Waals surface area contributed by atoms with Gasteiger partial charge in [-0.1, -0.05) is 0 Å². The SMILES string of the molecule is COC(=O)Cn1cnnc1C#N. The van der Waals surface area contributed by atoms with E-state index in [2.05, 4.69) is 14.9 Å². The van der Waals surface area contributed by atoms with Crippen molar-refractivity contribution in [2.24, 2.45) is 0 Å². The molecule has 1 heterocycles. The summed E-state index contributed by atoms with van der Waals surface area (Å²) in [4.78, 5) is 10.7. The summed E-state index contributed by atoms with van der Waals surface area (Å²) in [5, 5.41) is 15.4. The van der Waals surface area contributed by atoms with E-state index in [9.17, 15) is 4.79 Å². The van der Waals surface area contributed by atoms with Gasteiger partial charge in [0, 0.05) is 0 Å². The van der Waals surface area contributed by atoms with E-state index in [1.807, 2.05) is 0 Å². The van der Waals surface area contributed by atoms with Crippen molar-refractivity contribution in [3.63, 3.8) is 0 Å². The number of rotatable bonds is 2. The Morgan fingerprint density at radius 3 is 3.25 bits per heavy atom. The first-order valence-electron chi connectivity index (χ1n) is 3.12. The van der Waals surface area contributed by atoms with Gasteiger partial charge in [-0.3, -0.25) is 9.36 Å². The highest BCUT2D eigenvalue weighted by Crippen LogP contribution is 1.92. The summed E-state index contributed by atoms with van der Waals surface area (Å²) in [5.74, 6) is -0.341. The molecule has 1 aromatic rings. The second kappa shape index (κ2) is 3.48. The van der Waals surface area contributed by atoms with E-state index in [0.717, 1.165) is 0 Å². The molecule has 0 bridgehead atoms. The monoisotopic (exact) mass is 166 g/mol. The molecule has 0 amide bonds. The van der Waals surface area contributed by atoms with Gasteiger partial charge in [-0.05, 0) is 0 Å². The number of carbonyl (C=O) groups is 1. The van der Waals surface area contributed by atoms with Crippen LogP contribution in [-0.2, 0) is 16.1 Å². The fraction of sp³-hybridized carbons (Fsp3) is 0.333. The van der Waals surface area contributed by atoms with E-state index in [-0.39, 0.29) is 12.4 Å². The number of hydrogen-bond acceptors (Lipinski definition) is 5. The first-order chi connectivity index (χ1) is 5.77. The summed E-state index contributed by atoms with van der Waals surface area (Å²) in [6, 6.07) is 1.79. The highest BCUT2D eigenvalue weighted by Gasteiger charge is 2.06. The van der Waals surface area contributed by atoms with Gasteiger partial charge in [-0.25, -0.2) is 0 Å². The normalized spacial score (nSPS) is 9.00. The molecule has 0 saturated heterocycles. The molecule has 1 rings (SSSR count). The molecule has 0 aliphatic heterocycles. The molecule has 0 N–H and O–H groups in total. The van der Waals surface area contributed by atoms with Crippen molar-refractivity contribution in [2.45, 2.75) is 6.54 Å². The molecular formula is C6H6N4O2. The predicted molar refractivity (Wildman–Crippen MR) is 36.8 cm³/mol. The molecule has 0 aliphatic carbocycles. The van der Waals surface area contributed by atoms with Crippen LogP contribution in [0.15, 0.2) is 6.33 Å². The lowest BCUT2D eigenvalue weighted by Gasteiger charge is -1.98. The molecule has 6 heteroatoms. The summed E-state index contributed by atoms with van der Waals surface area (Å²) in [6.45, 7) is -0.0353. The van der Waals surface area contributed by atoms with Crippen molar-refractivity contribution in [2.75, 3.05) is 7.11 Å². The van der Waals surface area contributed by atoms with Crippen molar-refractivity contribution < 1.29 is 9.53 Å². The second-order valence-corrected chi connectivity index (χ2v) is 1.97. The number of hydrogen-bond donors (Lipinski definition) is 0. The van der Waals surface area contributed by atoms with Crippen molar-refractivity contribution in [1.29, 1.82) is 5.26 Å². The number of methoxy groups -OCH3 is 1. The van der Waals surface area contributed by atoms with Crippen LogP contribution in [0.1, 0.15) is 5.82 Å². The Labute approximate surface area is 68.4 Å². The number of nitrogens with zero attached hydrogens (tertiary/aromatic N) is 4. The van der Waals surface area contributed by atoms with E-state index in [0.29, 0.717) is 0 Å². The zero-order valence-corrected chi connectivity index (χ0v) is 6.39. The van der Waals surface area contributed by atoms with Crippen LogP contribution in [0.5, 0.6) is 0 Å².